The normalized spacial score (nSPS) is 12.2. The first-order valence-electron chi connectivity index (χ1n) is 5.67. The highest BCUT2D eigenvalue weighted by Crippen LogP contribution is 2.14. The van der Waals surface area contributed by atoms with Crippen molar-refractivity contribution in [2.24, 2.45) is 5.92 Å². The molecule has 0 aliphatic heterocycles. The van der Waals surface area contributed by atoms with Gasteiger partial charge in [0.05, 0.1) is 5.56 Å². The first-order valence-corrected chi connectivity index (χ1v) is 5.67. The lowest BCUT2D eigenvalue weighted by molar-refractivity contribution is -0.110. The first-order chi connectivity index (χ1) is 8.45. The number of hydrogen-bond acceptors (Lipinski definition) is 2. The zero-order valence-corrected chi connectivity index (χ0v) is 10.3. The molecular weight excluding hydrogens is 237 g/mol. The maximum absolute atomic E-state index is 13.5. The Kier molecular flexibility index (Phi) is 4.83. The van der Waals surface area contributed by atoms with Gasteiger partial charge in [-0.1, -0.05) is 19.9 Å². The first kappa shape index (κ1) is 14.2. The van der Waals surface area contributed by atoms with Crippen LogP contribution in [0.4, 0.5) is 4.39 Å². The number of amides is 1. The molecule has 0 radical (unpaired) electrons. The largest absolute Gasteiger partial charge is 0.478 e. The van der Waals surface area contributed by atoms with E-state index in [0.29, 0.717) is 18.4 Å². The third-order valence-electron chi connectivity index (χ3n) is 2.81. The lowest BCUT2D eigenvalue weighted by Crippen LogP contribution is -2.34. The Morgan fingerprint density at radius 1 is 1.50 bits per heavy atom. The molecule has 1 atom stereocenters. The molecule has 0 heterocycles. The molecule has 1 amide bonds. The van der Waals surface area contributed by atoms with Gasteiger partial charge in [0.15, 0.2) is 0 Å². The number of rotatable bonds is 6. The van der Waals surface area contributed by atoms with Crippen molar-refractivity contribution < 1.29 is 19.1 Å². The van der Waals surface area contributed by atoms with Gasteiger partial charge in [0.2, 0.25) is 6.41 Å². The van der Waals surface area contributed by atoms with Crippen molar-refractivity contribution in [3.8, 4) is 0 Å². The maximum Gasteiger partial charge on any atom is 0.338 e. The number of nitrogens with one attached hydrogen (secondary N) is 1. The van der Waals surface area contributed by atoms with E-state index in [1.165, 1.54) is 12.1 Å². The SMILES string of the molecule is CC(C)C(Cc1ccc(C(=O)O)c(F)c1)NC=O. The molecule has 2 N–H and O–H groups in total. The van der Waals surface area contributed by atoms with Crippen molar-refractivity contribution in [3.05, 3.63) is 35.1 Å². The molecule has 4 nitrogen and oxygen atoms in total. The summed E-state index contributed by atoms with van der Waals surface area (Å²) in [6.07, 6.45) is 1.08. The summed E-state index contributed by atoms with van der Waals surface area (Å²) in [5.74, 6) is -1.84. The molecule has 1 unspecified atom stereocenters. The van der Waals surface area contributed by atoms with Gasteiger partial charge in [-0.25, -0.2) is 9.18 Å². The van der Waals surface area contributed by atoms with Crippen LogP contribution in [-0.2, 0) is 11.2 Å². The lowest BCUT2D eigenvalue weighted by Gasteiger charge is -2.20. The van der Waals surface area contributed by atoms with E-state index in [-0.39, 0.29) is 17.5 Å². The summed E-state index contributed by atoms with van der Waals surface area (Å²) in [6, 6.07) is 3.91. The molecule has 98 valence electrons. The molecule has 0 aliphatic carbocycles. The second-order valence-corrected chi connectivity index (χ2v) is 4.46. The van der Waals surface area contributed by atoms with Crippen LogP contribution in [0.1, 0.15) is 29.8 Å². The fourth-order valence-electron chi connectivity index (χ4n) is 1.69. The molecule has 1 aromatic carbocycles. The minimum Gasteiger partial charge on any atom is -0.478 e. The Bertz CT molecular complexity index is 446. The third-order valence-corrected chi connectivity index (χ3v) is 2.81. The molecule has 0 saturated carbocycles. The molecular formula is C13H16FNO3. The van der Waals surface area contributed by atoms with Gasteiger partial charge < -0.3 is 10.4 Å². The molecule has 1 aromatic rings. The quantitative estimate of drug-likeness (QED) is 0.760. The Balaban J connectivity index is 2.87. The minimum atomic E-state index is -1.29. The highest BCUT2D eigenvalue weighted by molar-refractivity contribution is 5.87. The zero-order valence-electron chi connectivity index (χ0n) is 10.3. The second-order valence-electron chi connectivity index (χ2n) is 4.46. The van der Waals surface area contributed by atoms with Gasteiger partial charge in [0.1, 0.15) is 5.82 Å². The van der Waals surface area contributed by atoms with Gasteiger partial charge in [-0.15, -0.1) is 0 Å². The van der Waals surface area contributed by atoms with Crippen molar-refractivity contribution in [3.63, 3.8) is 0 Å². The Morgan fingerprint density at radius 2 is 2.17 bits per heavy atom. The molecule has 0 aromatic heterocycles. The summed E-state index contributed by atoms with van der Waals surface area (Å²) in [4.78, 5) is 21.1. The molecule has 1 rings (SSSR count). The van der Waals surface area contributed by atoms with Crippen LogP contribution >= 0.6 is 0 Å². The molecule has 0 bridgehead atoms. The van der Waals surface area contributed by atoms with Gasteiger partial charge in [-0.2, -0.15) is 0 Å². The standard InChI is InChI=1S/C13H16FNO3/c1-8(2)12(15-7-16)6-9-3-4-10(13(17)18)11(14)5-9/h3-5,7-8,12H,6H2,1-2H3,(H,15,16)(H,17,18). The van der Waals surface area contributed by atoms with E-state index in [4.69, 9.17) is 5.11 Å². The number of carbonyl (C=O) groups is 2. The minimum absolute atomic E-state index is 0.0995. The van der Waals surface area contributed by atoms with Crippen molar-refractivity contribution >= 4 is 12.4 Å². The van der Waals surface area contributed by atoms with Crippen LogP contribution in [0.15, 0.2) is 18.2 Å². The van der Waals surface area contributed by atoms with Crippen LogP contribution in [0, 0.1) is 11.7 Å². The summed E-state index contributed by atoms with van der Waals surface area (Å²) in [7, 11) is 0. The fraction of sp³-hybridized carbons (Fsp3) is 0.385. The number of halogens is 1. The Morgan fingerprint density at radius 3 is 2.61 bits per heavy atom. The summed E-state index contributed by atoms with van der Waals surface area (Å²) in [5, 5.41) is 11.4. The molecule has 0 aliphatic rings. The maximum atomic E-state index is 13.5. The highest BCUT2D eigenvalue weighted by Gasteiger charge is 2.15. The van der Waals surface area contributed by atoms with E-state index in [0.717, 1.165) is 0 Å². The van der Waals surface area contributed by atoms with E-state index in [1.807, 2.05) is 13.8 Å². The summed E-state index contributed by atoms with van der Waals surface area (Å²) >= 11 is 0. The highest BCUT2D eigenvalue weighted by atomic mass is 19.1. The van der Waals surface area contributed by atoms with Crippen LogP contribution in [0.3, 0.4) is 0 Å². The van der Waals surface area contributed by atoms with Crippen molar-refractivity contribution in [2.45, 2.75) is 26.3 Å². The summed E-state index contributed by atoms with van der Waals surface area (Å²) in [5.41, 5.74) is 0.314. The molecule has 0 fully saturated rings. The number of carbonyl (C=O) groups excluding carboxylic acids is 1. The lowest BCUT2D eigenvalue weighted by atomic mass is 9.96. The summed E-state index contributed by atoms with van der Waals surface area (Å²) in [6.45, 7) is 3.90. The van der Waals surface area contributed by atoms with Crippen LogP contribution < -0.4 is 5.32 Å². The van der Waals surface area contributed by atoms with E-state index in [1.54, 1.807) is 6.07 Å². The van der Waals surface area contributed by atoms with E-state index in [9.17, 15) is 14.0 Å². The van der Waals surface area contributed by atoms with Crippen molar-refractivity contribution in [1.29, 1.82) is 0 Å². The van der Waals surface area contributed by atoms with E-state index < -0.39 is 11.8 Å². The number of benzene rings is 1. The van der Waals surface area contributed by atoms with E-state index >= 15 is 0 Å². The summed E-state index contributed by atoms with van der Waals surface area (Å²) < 4.78 is 13.5. The predicted octanol–water partition coefficient (Wildman–Crippen LogP) is 1.84. The molecule has 0 saturated heterocycles. The number of hydrogen-bond donors (Lipinski definition) is 2. The fourth-order valence-corrected chi connectivity index (χ4v) is 1.69. The predicted molar refractivity (Wildman–Crippen MR) is 64.9 cm³/mol. The van der Waals surface area contributed by atoms with Crippen molar-refractivity contribution in [1.82, 2.24) is 5.32 Å². The average Bonchev–Trinajstić information content (AvgIpc) is 2.27. The van der Waals surface area contributed by atoms with Crippen LogP contribution in [0.25, 0.3) is 0 Å². The Hall–Kier alpha value is -1.91. The van der Waals surface area contributed by atoms with Crippen LogP contribution in [-0.4, -0.2) is 23.5 Å². The van der Waals surface area contributed by atoms with Gasteiger partial charge >= 0.3 is 5.97 Å². The topological polar surface area (TPSA) is 66.4 Å². The number of aromatic carboxylic acids is 1. The average molecular weight is 253 g/mol. The number of carboxylic acid groups (broad SMARTS) is 1. The zero-order chi connectivity index (χ0) is 13.7. The molecule has 0 spiro atoms. The molecule has 5 heteroatoms. The monoisotopic (exact) mass is 253 g/mol. The number of carboxylic acids is 1. The van der Waals surface area contributed by atoms with E-state index in [2.05, 4.69) is 5.32 Å². The van der Waals surface area contributed by atoms with Gasteiger partial charge in [-0.3, -0.25) is 4.79 Å². The van der Waals surface area contributed by atoms with Crippen LogP contribution in [0.2, 0.25) is 0 Å². The molecule has 18 heavy (non-hydrogen) atoms. The third kappa shape index (κ3) is 3.55. The van der Waals surface area contributed by atoms with Crippen molar-refractivity contribution in [2.75, 3.05) is 0 Å². The smallest absolute Gasteiger partial charge is 0.338 e. The van der Waals surface area contributed by atoms with Crippen LogP contribution in [0.5, 0.6) is 0 Å². The Labute approximate surface area is 105 Å². The second kappa shape index (κ2) is 6.14. The van der Waals surface area contributed by atoms with Gasteiger partial charge in [0.25, 0.3) is 0 Å². The van der Waals surface area contributed by atoms with Gasteiger partial charge in [-0.05, 0) is 30.0 Å². The van der Waals surface area contributed by atoms with Gasteiger partial charge in [0, 0.05) is 6.04 Å².